The summed E-state index contributed by atoms with van der Waals surface area (Å²) in [6.45, 7) is 8.20. The summed E-state index contributed by atoms with van der Waals surface area (Å²) in [5.41, 5.74) is 3.84. The second-order valence-electron chi connectivity index (χ2n) is 6.76. The van der Waals surface area contributed by atoms with Gasteiger partial charge in [-0.3, -0.25) is 9.98 Å². The molecule has 0 fully saturated rings. The van der Waals surface area contributed by atoms with Gasteiger partial charge in [-0.25, -0.2) is 0 Å². The van der Waals surface area contributed by atoms with Crippen LogP contribution in [0.3, 0.4) is 0 Å². The average Bonchev–Trinajstić information content (AvgIpc) is 2.65. The minimum atomic E-state index is 0. The highest BCUT2D eigenvalue weighted by atomic mass is 127. The van der Waals surface area contributed by atoms with Gasteiger partial charge in [-0.15, -0.1) is 35.7 Å². The third kappa shape index (κ3) is 7.33. The van der Waals surface area contributed by atoms with E-state index < -0.39 is 0 Å². The van der Waals surface area contributed by atoms with Crippen molar-refractivity contribution in [2.24, 2.45) is 10.9 Å². The standard InChI is InChI=1S/C21H30N4S.HI/c1-15(2)19(17-7-6-10-23-12-17)14-25-21(22-4)24-13-18-9-8-16(3)11-20(18)26-5;/h6-12,15,19H,13-14H2,1-5H3,(H2,22,24,25);1H. The molecule has 4 nitrogen and oxygen atoms in total. The molecule has 0 aliphatic carbocycles. The molecule has 1 unspecified atom stereocenters. The molecular weight excluding hydrogens is 467 g/mol. The van der Waals surface area contributed by atoms with E-state index in [2.05, 4.69) is 71.9 Å². The van der Waals surface area contributed by atoms with E-state index in [1.54, 1.807) is 11.8 Å². The normalized spacial score (nSPS) is 12.4. The Kier molecular flexibility index (Phi) is 10.8. The number of hydrogen-bond acceptors (Lipinski definition) is 3. The Morgan fingerprint density at radius 1 is 1.22 bits per heavy atom. The molecule has 0 saturated carbocycles. The van der Waals surface area contributed by atoms with Crippen molar-refractivity contribution >= 4 is 41.7 Å². The van der Waals surface area contributed by atoms with Crippen LogP contribution in [-0.2, 0) is 6.54 Å². The van der Waals surface area contributed by atoms with Crippen LogP contribution in [0.4, 0.5) is 0 Å². The summed E-state index contributed by atoms with van der Waals surface area (Å²) in [5, 5.41) is 6.91. The molecule has 0 spiro atoms. The molecule has 27 heavy (non-hydrogen) atoms. The van der Waals surface area contributed by atoms with Gasteiger partial charge in [0.15, 0.2) is 5.96 Å². The molecule has 0 saturated heterocycles. The highest BCUT2D eigenvalue weighted by Gasteiger charge is 2.16. The van der Waals surface area contributed by atoms with Gasteiger partial charge in [0, 0.05) is 43.3 Å². The monoisotopic (exact) mass is 498 g/mol. The first kappa shape index (κ1) is 23.8. The number of nitrogens with one attached hydrogen (secondary N) is 2. The van der Waals surface area contributed by atoms with Crippen molar-refractivity contribution < 1.29 is 0 Å². The van der Waals surface area contributed by atoms with Gasteiger partial charge in [-0.05, 0) is 47.9 Å². The van der Waals surface area contributed by atoms with Crippen molar-refractivity contribution in [3.63, 3.8) is 0 Å². The van der Waals surface area contributed by atoms with Crippen molar-refractivity contribution in [2.45, 2.75) is 38.1 Å². The van der Waals surface area contributed by atoms with Crippen molar-refractivity contribution in [1.82, 2.24) is 15.6 Å². The Hall–Kier alpha value is -1.28. The summed E-state index contributed by atoms with van der Waals surface area (Å²) in [7, 11) is 1.81. The summed E-state index contributed by atoms with van der Waals surface area (Å²) in [5.74, 6) is 1.74. The number of hydrogen-bond donors (Lipinski definition) is 2. The maximum atomic E-state index is 4.37. The Morgan fingerprint density at radius 2 is 2.00 bits per heavy atom. The molecule has 6 heteroatoms. The maximum absolute atomic E-state index is 4.37. The third-order valence-electron chi connectivity index (χ3n) is 4.52. The van der Waals surface area contributed by atoms with Crippen molar-refractivity contribution in [3.05, 3.63) is 59.4 Å². The summed E-state index contributed by atoms with van der Waals surface area (Å²) < 4.78 is 0. The van der Waals surface area contributed by atoms with E-state index in [9.17, 15) is 0 Å². The quantitative estimate of drug-likeness (QED) is 0.249. The number of nitrogens with zero attached hydrogens (tertiary/aromatic N) is 2. The molecular formula is C21H31IN4S. The maximum Gasteiger partial charge on any atom is 0.191 e. The highest BCUT2D eigenvalue weighted by molar-refractivity contribution is 14.0. The first-order chi connectivity index (χ1) is 12.5. The molecule has 0 aliphatic heterocycles. The molecule has 0 amide bonds. The second kappa shape index (κ2) is 12.2. The molecule has 0 aliphatic rings. The number of rotatable bonds is 7. The Labute approximate surface area is 185 Å². The van der Waals surface area contributed by atoms with Crippen LogP contribution >= 0.6 is 35.7 Å². The lowest BCUT2D eigenvalue weighted by molar-refractivity contribution is 0.487. The molecule has 0 radical (unpaired) electrons. The van der Waals surface area contributed by atoms with Crippen LogP contribution < -0.4 is 10.6 Å². The second-order valence-corrected chi connectivity index (χ2v) is 7.61. The summed E-state index contributed by atoms with van der Waals surface area (Å²) in [6.07, 6.45) is 5.89. The summed E-state index contributed by atoms with van der Waals surface area (Å²) in [4.78, 5) is 9.94. The number of aryl methyl sites for hydroxylation is 1. The van der Waals surface area contributed by atoms with Crippen molar-refractivity contribution in [2.75, 3.05) is 19.8 Å². The number of aromatic nitrogens is 1. The molecule has 1 heterocycles. The van der Waals surface area contributed by atoms with Gasteiger partial charge in [-0.2, -0.15) is 0 Å². The van der Waals surface area contributed by atoms with Gasteiger partial charge in [0.25, 0.3) is 0 Å². The minimum Gasteiger partial charge on any atom is -0.356 e. The van der Waals surface area contributed by atoms with Gasteiger partial charge in [0.05, 0.1) is 0 Å². The average molecular weight is 498 g/mol. The van der Waals surface area contributed by atoms with Gasteiger partial charge in [0.1, 0.15) is 0 Å². The minimum absolute atomic E-state index is 0. The number of halogens is 1. The lowest BCUT2D eigenvalue weighted by Gasteiger charge is -2.23. The summed E-state index contributed by atoms with van der Waals surface area (Å²) >= 11 is 1.78. The Morgan fingerprint density at radius 3 is 2.59 bits per heavy atom. The molecule has 2 aromatic rings. The number of aliphatic imine (C=N–C) groups is 1. The summed E-state index contributed by atoms with van der Waals surface area (Å²) in [6, 6.07) is 10.7. The van der Waals surface area contributed by atoms with Crippen molar-refractivity contribution in [3.8, 4) is 0 Å². The molecule has 1 atom stereocenters. The fourth-order valence-electron chi connectivity index (χ4n) is 2.94. The van der Waals surface area contributed by atoms with Crippen LogP contribution in [0, 0.1) is 12.8 Å². The Bertz CT molecular complexity index is 719. The van der Waals surface area contributed by atoms with Crippen LogP contribution in [0.1, 0.15) is 36.5 Å². The largest absolute Gasteiger partial charge is 0.356 e. The highest BCUT2D eigenvalue weighted by Crippen LogP contribution is 2.23. The van der Waals surface area contributed by atoms with Gasteiger partial charge in [-0.1, -0.05) is 32.0 Å². The molecule has 2 rings (SSSR count). The van der Waals surface area contributed by atoms with E-state index in [1.807, 2.05) is 25.5 Å². The number of benzene rings is 1. The first-order valence-corrected chi connectivity index (χ1v) is 10.3. The molecule has 1 aromatic carbocycles. The van der Waals surface area contributed by atoms with Gasteiger partial charge < -0.3 is 10.6 Å². The Balaban J connectivity index is 0.00000364. The van der Waals surface area contributed by atoms with E-state index in [4.69, 9.17) is 0 Å². The van der Waals surface area contributed by atoms with Crippen LogP contribution in [0.15, 0.2) is 52.6 Å². The lowest BCUT2D eigenvalue weighted by Crippen LogP contribution is -2.39. The molecule has 2 N–H and O–H groups in total. The van der Waals surface area contributed by atoms with E-state index >= 15 is 0 Å². The molecule has 0 bridgehead atoms. The lowest BCUT2D eigenvalue weighted by atomic mass is 9.89. The topological polar surface area (TPSA) is 49.3 Å². The fourth-order valence-corrected chi connectivity index (χ4v) is 3.64. The smallest absolute Gasteiger partial charge is 0.191 e. The van der Waals surface area contributed by atoms with Crippen LogP contribution in [-0.4, -0.2) is 30.8 Å². The number of pyridine rings is 1. The van der Waals surface area contributed by atoms with Crippen LogP contribution in [0.2, 0.25) is 0 Å². The first-order valence-electron chi connectivity index (χ1n) is 9.03. The molecule has 1 aromatic heterocycles. The van der Waals surface area contributed by atoms with E-state index in [0.717, 1.165) is 19.0 Å². The van der Waals surface area contributed by atoms with Crippen molar-refractivity contribution in [1.29, 1.82) is 0 Å². The van der Waals surface area contributed by atoms with Gasteiger partial charge >= 0.3 is 0 Å². The zero-order valence-corrected chi connectivity index (χ0v) is 20.0. The number of guanidine groups is 1. The SMILES string of the molecule is CN=C(NCc1ccc(C)cc1SC)NCC(c1cccnc1)C(C)C.I. The van der Waals surface area contributed by atoms with Gasteiger partial charge in [0.2, 0.25) is 0 Å². The number of thioether (sulfide) groups is 1. The third-order valence-corrected chi connectivity index (χ3v) is 5.34. The van der Waals surface area contributed by atoms with E-state index in [0.29, 0.717) is 11.8 Å². The zero-order chi connectivity index (χ0) is 18.9. The fraction of sp³-hybridized carbons (Fsp3) is 0.429. The van der Waals surface area contributed by atoms with Crippen LogP contribution in [0.5, 0.6) is 0 Å². The van der Waals surface area contributed by atoms with Crippen LogP contribution in [0.25, 0.3) is 0 Å². The molecule has 148 valence electrons. The van der Waals surface area contributed by atoms with E-state index in [1.165, 1.54) is 21.6 Å². The van der Waals surface area contributed by atoms with E-state index in [-0.39, 0.29) is 24.0 Å². The predicted octanol–water partition coefficient (Wildman–Crippen LogP) is 4.83. The zero-order valence-electron chi connectivity index (χ0n) is 16.8. The predicted molar refractivity (Wildman–Crippen MR) is 128 cm³/mol.